The third-order valence-electron chi connectivity index (χ3n) is 6.11. The van der Waals surface area contributed by atoms with E-state index < -0.39 is 0 Å². The highest BCUT2D eigenvalue weighted by Gasteiger charge is 2.08. The summed E-state index contributed by atoms with van der Waals surface area (Å²) in [5.41, 5.74) is 7.93. The maximum absolute atomic E-state index is 4.87. The second-order valence-corrected chi connectivity index (χ2v) is 8.78. The zero-order valence-corrected chi connectivity index (χ0v) is 19.5. The van der Waals surface area contributed by atoms with Crippen LogP contribution in [0.25, 0.3) is 33.5 Å². The standard InChI is InChI=1S/C28H34N4/c1-3-5-7-9-11-21-14-16-24-25(17-21)30-20-27(31-24)28-19-29-23-15-13-22(18-26(23)32-28)12-10-8-6-4-2/h13-20H,3-12H2,1-2H3. The molecular weight excluding hydrogens is 392 g/mol. The third kappa shape index (κ3) is 5.67. The minimum Gasteiger partial charge on any atom is -0.252 e. The Kier molecular flexibility index (Phi) is 7.76. The Morgan fingerprint density at radius 1 is 0.531 bits per heavy atom. The van der Waals surface area contributed by atoms with Crippen molar-refractivity contribution in [3.63, 3.8) is 0 Å². The zero-order valence-electron chi connectivity index (χ0n) is 19.5. The fraction of sp³-hybridized carbons (Fsp3) is 0.429. The van der Waals surface area contributed by atoms with Gasteiger partial charge in [-0.3, -0.25) is 9.97 Å². The van der Waals surface area contributed by atoms with E-state index >= 15 is 0 Å². The van der Waals surface area contributed by atoms with E-state index in [2.05, 4.69) is 60.2 Å². The molecule has 0 atom stereocenters. The molecule has 166 valence electrons. The summed E-state index contributed by atoms with van der Waals surface area (Å²) in [6.45, 7) is 4.49. The molecule has 32 heavy (non-hydrogen) atoms. The zero-order chi connectivity index (χ0) is 22.2. The molecule has 0 aliphatic carbocycles. The topological polar surface area (TPSA) is 51.6 Å². The highest BCUT2D eigenvalue weighted by Crippen LogP contribution is 2.22. The van der Waals surface area contributed by atoms with Crippen LogP contribution in [0.15, 0.2) is 48.8 Å². The number of aromatic nitrogens is 4. The predicted molar refractivity (Wildman–Crippen MR) is 134 cm³/mol. The third-order valence-corrected chi connectivity index (χ3v) is 6.11. The van der Waals surface area contributed by atoms with Crippen LogP contribution < -0.4 is 0 Å². The van der Waals surface area contributed by atoms with Crippen molar-refractivity contribution in [1.29, 1.82) is 0 Å². The molecule has 4 heteroatoms. The molecule has 0 saturated heterocycles. The molecule has 0 N–H and O–H groups in total. The van der Waals surface area contributed by atoms with Gasteiger partial charge in [0.1, 0.15) is 11.4 Å². The lowest BCUT2D eigenvalue weighted by Gasteiger charge is -2.07. The molecule has 4 aromatic rings. The van der Waals surface area contributed by atoms with E-state index in [1.165, 1.54) is 62.5 Å². The Bertz CT molecular complexity index is 1170. The van der Waals surface area contributed by atoms with Gasteiger partial charge in [-0.1, -0.05) is 64.5 Å². The number of nitrogens with zero attached hydrogens (tertiary/aromatic N) is 4. The second kappa shape index (κ2) is 11.1. The van der Waals surface area contributed by atoms with Gasteiger partial charge >= 0.3 is 0 Å². The fourth-order valence-corrected chi connectivity index (χ4v) is 4.18. The van der Waals surface area contributed by atoms with Crippen molar-refractivity contribution in [3.8, 4) is 11.4 Å². The summed E-state index contributed by atoms with van der Waals surface area (Å²) in [6, 6.07) is 12.9. The van der Waals surface area contributed by atoms with Crippen molar-refractivity contribution in [2.24, 2.45) is 0 Å². The smallest absolute Gasteiger partial charge is 0.109 e. The van der Waals surface area contributed by atoms with E-state index in [4.69, 9.17) is 9.97 Å². The summed E-state index contributed by atoms with van der Waals surface area (Å²) in [6.07, 6.45) is 16.0. The lowest BCUT2D eigenvalue weighted by Crippen LogP contribution is -1.95. The molecule has 0 aliphatic heterocycles. The Morgan fingerprint density at radius 3 is 1.69 bits per heavy atom. The predicted octanol–water partition coefficient (Wildman–Crippen LogP) is 7.49. The van der Waals surface area contributed by atoms with E-state index in [1.807, 2.05) is 6.20 Å². The highest BCUT2D eigenvalue weighted by molar-refractivity contribution is 5.80. The van der Waals surface area contributed by atoms with Gasteiger partial charge in [-0.25, -0.2) is 9.97 Å². The number of benzene rings is 2. The van der Waals surface area contributed by atoms with Crippen molar-refractivity contribution in [1.82, 2.24) is 19.9 Å². The van der Waals surface area contributed by atoms with Crippen LogP contribution in [0.2, 0.25) is 0 Å². The lowest BCUT2D eigenvalue weighted by molar-refractivity contribution is 0.667. The van der Waals surface area contributed by atoms with Crippen molar-refractivity contribution < 1.29 is 0 Å². The molecule has 0 fully saturated rings. The molecular formula is C28H34N4. The second-order valence-electron chi connectivity index (χ2n) is 8.78. The number of unbranched alkanes of at least 4 members (excludes halogenated alkanes) is 6. The SMILES string of the molecule is CCCCCCc1ccc2nc(-c3cnc4ccc(CCCCCC)cc4n3)cnc2c1. The first kappa shape index (κ1) is 22.3. The van der Waals surface area contributed by atoms with Crippen LogP contribution in [0.4, 0.5) is 0 Å². The van der Waals surface area contributed by atoms with Gasteiger partial charge in [-0.2, -0.15) is 0 Å². The first-order valence-corrected chi connectivity index (χ1v) is 12.3. The van der Waals surface area contributed by atoms with Crippen LogP contribution in [-0.2, 0) is 12.8 Å². The summed E-state index contributed by atoms with van der Waals surface area (Å²) in [4.78, 5) is 19.0. The van der Waals surface area contributed by atoms with Gasteiger partial charge in [-0.15, -0.1) is 0 Å². The summed E-state index contributed by atoms with van der Waals surface area (Å²) < 4.78 is 0. The van der Waals surface area contributed by atoms with Crippen LogP contribution >= 0.6 is 0 Å². The molecule has 0 spiro atoms. The first-order valence-electron chi connectivity index (χ1n) is 12.3. The Balaban J connectivity index is 1.52. The molecule has 0 radical (unpaired) electrons. The van der Waals surface area contributed by atoms with Gasteiger partial charge in [0.25, 0.3) is 0 Å². The van der Waals surface area contributed by atoms with Crippen molar-refractivity contribution in [2.75, 3.05) is 0 Å². The molecule has 2 aromatic carbocycles. The average Bonchev–Trinajstić information content (AvgIpc) is 2.83. The van der Waals surface area contributed by atoms with E-state index in [1.54, 1.807) is 6.20 Å². The highest BCUT2D eigenvalue weighted by atomic mass is 14.9. The number of rotatable bonds is 11. The molecule has 0 unspecified atom stereocenters. The van der Waals surface area contributed by atoms with Crippen LogP contribution in [0, 0.1) is 0 Å². The maximum atomic E-state index is 4.87. The van der Waals surface area contributed by atoms with E-state index in [9.17, 15) is 0 Å². The largest absolute Gasteiger partial charge is 0.252 e. The van der Waals surface area contributed by atoms with Gasteiger partial charge in [0, 0.05) is 0 Å². The van der Waals surface area contributed by atoms with Crippen LogP contribution in [0.5, 0.6) is 0 Å². The molecule has 2 aromatic heterocycles. The molecule has 2 heterocycles. The van der Waals surface area contributed by atoms with E-state index in [0.717, 1.165) is 46.3 Å². The average molecular weight is 427 g/mol. The first-order chi connectivity index (χ1) is 15.8. The minimum absolute atomic E-state index is 0.774. The van der Waals surface area contributed by atoms with Gasteiger partial charge in [0.05, 0.1) is 34.5 Å². The van der Waals surface area contributed by atoms with Gasteiger partial charge in [0.15, 0.2) is 0 Å². The molecule has 0 aliphatic rings. The fourth-order valence-electron chi connectivity index (χ4n) is 4.18. The number of fused-ring (bicyclic) bond motifs is 2. The van der Waals surface area contributed by atoms with Crippen LogP contribution in [0.1, 0.15) is 76.3 Å². The van der Waals surface area contributed by atoms with Gasteiger partial charge in [0.2, 0.25) is 0 Å². The summed E-state index contributed by atoms with van der Waals surface area (Å²) in [5, 5.41) is 0. The summed E-state index contributed by atoms with van der Waals surface area (Å²) in [5.74, 6) is 0. The molecule has 0 amide bonds. The summed E-state index contributed by atoms with van der Waals surface area (Å²) in [7, 11) is 0. The Labute approximate surface area is 191 Å². The monoisotopic (exact) mass is 426 g/mol. The molecule has 0 saturated carbocycles. The van der Waals surface area contributed by atoms with E-state index in [0.29, 0.717) is 0 Å². The molecule has 4 rings (SSSR count). The van der Waals surface area contributed by atoms with E-state index in [-0.39, 0.29) is 0 Å². The Hall–Kier alpha value is -2.88. The quantitative estimate of drug-likeness (QED) is 0.233. The van der Waals surface area contributed by atoms with Crippen LogP contribution in [0.3, 0.4) is 0 Å². The van der Waals surface area contributed by atoms with Crippen molar-refractivity contribution in [3.05, 3.63) is 59.9 Å². The maximum Gasteiger partial charge on any atom is 0.109 e. The van der Waals surface area contributed by atoms with Gasteiger partial charge in [-0.05, 0) is 61.1 Å². The number of hydrogen-bond donors (Lipinski definition) is 0. The lowest BCUT2D eigenvalue weighted by atomic mass is 10.1. The van der Waals surface area contributed by atoms with Crippen molar-refractivity contribution >= 4 is 22.1 Å². The summed E-state index contributed by atoms with van der Waals surface area (Å²) >= 11 is 0. The number of hydrogen-bond acceptors (Lipinski definition) is 4. The minimum atomic E-state index is 0.774. The molecule has 0 bridgehead atoms. The number of aryl methyl sites for hydroxylation is 2. The van der Waals surface area contributed by atoms with Crippen molar-refractivity contribution in [2.45, 2.75) is 78.1 Å². The van der Waals surface area contributed by atoms with Crippen LogP contribution in [-0.4, -0.2) is 19.9 Å². The molecule has 4 nitrogen and oxygen atoms in total. The Morgan fingerprint density at radius 2 is 1.06 bits per heavy atom. The normalized spacial score (nSPS) is 11.4. The van der Waals surface area contributed by atoms with Gasteiger partial charge < -0.3 is 0 Å².